The number of benzene rings is 3. The highest BCUT2D eigenvalue weighted by Gasteiger charge is 2.18. The van der Waals surface area contributed by atoms with Gasteiger partial charge in [0.1, 0.15) is 17.3 Å². The number of carbonyl (C=O) groups is 1. The largest absolute Gasteiger partial charge is 0.497 e. The van der Waals surface area contributed by atoms with E-state index < -0.39 is 35.6 Å². The first-order valence-corrected chi connectivity index (χ1v) is 11.8. The molecule has 36 heavy (non-hydrogen) atoms. The SMILES string of the molecule is COc1ccc(C#CC(=CCSc2ccc(OCC(=O)O)c(C)c2)c2cc(F)c(C)c(F)c2F)cc1. The zero-order chi connectivity index (χ0) is 26.2. The fourth-order valence-corrected chi connectivity index (χ4v) is 4.03. The topological polar surface area (TPSA) is 55.8 Å². The third-order valence-electron chi connectivity index (χ3n) is 5.14. The first-order chi connectivity index (χ1) is 17.2. The van der Waals surface area contributed by atoms with Crippen molar-refractivity contribution in [2.75, 3.05) is 19.5 Å². The molecule has 8 heteroatoms. The van der Waals surface area contributed by atoms with Crippen LogP contribution in [-0.2, 0) is 4.79 Å². The van der Waals surface area contributed by atoms with E-state index in [0.29, 0.717) is 22.8 Å². The zero-order valence-electron chi connectivity index (χ0n) is 19.8. The van der Waals surface area contributed by atoms with Crippen molar-refractivity contribution in [2.45, 2.75) is 18.7 Å². The molecule has 3 aromatic carbocycles. The molecule has 0 spiro atoms. The summed E-state index contributed by atoms with van der Waals surface area (Å²) < 4.78 is 53.7. The summed E-state index contributed by atoms with van der Waals surface area (Å²) in [5.41, 5.74) is 0.861. The van der Waals surface area contributed by atoms with Gasteiger partial charge in [-0.05, 0) is 67.9 Å². The lowest BCUT2D eigenvalue weighted by Crippen LogP contribution is -2.09. The summed E-state index contributed by atoms with van der Waals surface area (Å²) >= 11 is 1.39. The number of thioether (sulfide) groups is 1. The van der Waals surface area contributed by atoms with Gasteiger partial charge in [0, 0.05) is 32.9 Å². The van der Waals surface area contributed by atoms with Gasteiger partial charge in [0.05, 0.1) is 7.11 Å². The highest BCUT2D eigenvalue weighted by Crippen LogP contribution is 2.29. The standard InChI is InChI=1S/C28H23F3O4S/c1-17-14-22(10-11-25(17)35-16-26(32)33)36-13-12-20(7-4-19-5-8-21(34-3)9-6-19)23-15-24(29)18(2)27(30)28(23)31/h5-6,8-12,14-15H,13,16H2,1-3H3,(H,32,33). The van der Waals surface area contributed by atoms with Crippen LogP contribution in [0.1, 0.15) is 22.3 Å². The Morgan fingerprint density at radius 3 is 2.42 bits per heavy atom. The summed E-state index contributed by atoms with van der Waals surface area (Å²) in [6.45, 7) is 2.52. The molecule has 0 saturated carbocycles. The highest BCUT2D eigenvalue weighted by molar-refractivity contribution is 7.99. The molecule has 0 saturated heterocycles. The summed E-state index contributed by atoms with van der Waals surface area (Å²) in [7, 11) is 1.54. The van der Waals surface area contributed by atoms with Gasteiger partial charge in [-0.15, -0.1) is 11.8 Å². The Morgan fingerprint density at radius 2 is 1.78 bits per heavy atom. The third-order valence-corrected chi connectivity index (χ3v) is 6.07. The van der Waals surface area contributed by atoms with Gasteiger partial charge in [-0.3, -0.25) is 0 Å². The lowest BCUT2D eigenvalue weighted by Gasteiger charge is -2.09. The molecule has 0 heterocycles. The van der Waals surface area contributed by atoms with E-state index in [2.05, 4.69) is 11.8 Å². The number of halogens is 3. The summed E-state index contributed by atoms with van der Waals surface area (Å²) in [5.74, 6) is 2.84. The van der Waals surface area contributed by atoms with Crippen molar-refractivity contribution in [3.8, 4) is 23.3 Å². The second-order valence-electron chi connectivity index (χ2n) is 7.68. The number of carboxylic acid groups (broad SMARTS) is 1. The molecule has 0 fully saturated rings. The van der Waals surface area contributed by atoms with Crippen LogP contribution in [0.4, 0.5) is 13.2 Å². The van der Waals surface area contributed by atoms with E-state index in [1.807, 2.05) is 6.07 Å². The number of ether oxygens (including phenoxy) is 2. The molecule has 3 rings (SSSR count). The first-order valence-electron chi connectivity index (χ1n) is 10.8. The van der Waals surface area contributed by atoms with Crippen molar-refractivity contribution in [3.63, 3.8) is 0 Å². The van der Waals surface area contributed by atoms with Crippen LogP contribution >= 0.6 is 11.8 Å². The lowest BCUT2D eigenvalue weighted by atomic mass is 10.0. The van der Waals surface area contributed by atoms with Crippen molar-refractivity contribution >= 4 is 23.3 Å². The van der Waals surface area contributed by atoms with E-state index in [0.717, 1.165) is 16.5 Å². The van der Waals surface area contributed by atoms with Crippen LogP contribution in [0.15, 0.2) is 59.5 Å². The lowest BCUT2D eigenvalue weighted by molar-refractivity contribution is -0.139. The van der Waals surface area contributed by atoms with Crippen LogP contribution in [0, 0.1) is 43.1 Å². The van der Waals surface area contributed by atoms with Gasteiger partial charge in [0.25, 0.3) is 0 Å². The van der Waals surface area contributed by atoms with E-state index in [-0.39, 0.29) is 11.1 Å². The Bertz CT molecular complexity index is 1360. The molecular weight excluding hydrogens is 489 g/mol. The predicted octanol–water partition coefficient (Wildman–Crippen LogP) is 6.42. The predicted molar refractivity (Wildman–Crippen MR) is 134 cm³/mol. The minimum Gasteiger partial charge on any atom is -0.497 e. The Kier molecular flexibility index (Phi) is 9.09. The Hall–Kier alpha value is -3.83. The summed E-state index contributed by atoms with van der Waals surface area (Å²) in [4.78, 5) is 11.5. The van der Waals surface area contributed by atoms with Crippen molar-refractivity contribution in [1.82, 2.24) is 0 Å². The highest BCUT2D eigenvalue weighted by atomic mass is 32.2. The van der Waals surface area contributed by atoms with E-state index in [1.165, 1.54) is 18.7 Å². The number of hydrogen-bond donors (Lipinski definition) is 1. The summed E-state index contributed by atoms with van der Waals surface area (Å²) in [6, 6.07) is 13.1. The normalized spacial score (nSPS) is 11.0. The molecule has 0 atom stereocenters. The molecule has 0 aliphatic heterocycles. The van der Waals surface area contributed by atoms with Crippen molar-refractivity contribution < 1.29 is 32.5 Å². The number of aryl methyl sites for hydroxylation is 1. The summed E-state index contributed by atoms with van der Waals surface area (Å²) in [6.07, 6.45) is 1.61. The number of aliphatic carboxylic acids is 1. The number of hydrogen-bond acceptors (Lipinski definition) is 4. The van der Waals surface area contributed by atoms with Crippen LogP contribution in [0.25, 0.3) is 5.57 Å². The van der Waals surface area contributed by atoms with Gasteiger partial charge < -0.3 is 14.6 Å². The minimum absolute atomic E-state index is 0.145. The Labute approximate surface area is 211 Å². The molecule has 4 nitrogen and oxygen atoms in total. The maximum atomic E-state index is 14.8. The van der Waals surface area contributed by atoms with E-state index in [9.17, 15) is 18.0 Å². The molecule has 0 bridgehead atoms. The molecule has 0 unspecified atom stereocenters. The van der Waals surface area contributed by atoms with Crippen molar-refractivity contribution in [2.24, 2.45) is 0 Å². The fourth-order valence-electron chi connectivity index (χ4n) is 3.16. The van der Waals surface area contributed by atoms with Gasteiger partial charge in [-0.2, -0.15) is 0 Å². The molecule has 0 radical (unpaired) electrons. The van der Waals surface area contributed by atoms with Gasteiger partial charge in [0.15, 0.2) is 18.2 Å². The van der Waals surface area contributed by atoms with Crippen molar-refractivity contribution in [3.05, 3.63) is 94.3 Å². The zero-order valence-corrected chi connectivity index (χ0v) is 20.6. The van der Waals surface area contributed by atoms with Gasteiger partial charge in [-0.1, -0.05) is 17.9 Å². The number of allylic oxidation sites excluding steroid dienone is 1. The van der Waals surface area contributed by atoms with E-state index in [1.54, 1.807) is 56.5 Å². The fraction of sp³-hybridized carbons (Fsp3) is 0.179. The molecule has 0 amide bonds. The quantitative estimate of drug-likeness (QED) is 0.214. The van der Waals surface area contributed by atoms with Crippen LogP contribution < -0.4 is 9.47 Å². The Balaban J connectivity index is 1.89. The molecule has 3 aromatic rings. The van der Waals surface area contributed by atoms with Gasteiger partial charge >= 0.3 is 5.97 Å². The van der Waals surface area contributed by atoms with Gasteiger partial charge in [0.2, 0.25) is 0 Å². The number of methoxy groups -OCH3 is 1. The number of rotatable bonds is 8. The molecular formula is C28H23F3O4S. The maximum Gasteiger partial charge on any atom is 0.341 e. The van der Waals surface area contributed by atoms with Crippen LogP contribution in [0.5, 0.6) is 11.5 Å². The smallest absolute Gasteiger partial charge is 0.341 e. The second kappa shape index (κ2) is 12.2. The molecule has 1 N–H and O–H groups in total. The molecule has 0 aliphatic rings. The van der Waals surface area contributed by atoms with Crippen LogP contribution in [-0.4, -0.2) is 30.5 Å². The van der Waals surface area contributed by atoms with Crippen LogP contribution in [0.3, 0.4) is 0 Å². The van der Waals surface area contributed by atoms with Crippen molar-refractivity contribution in [1.29, 1.82) is 0 Å². The Morgan fingerprint density at radius 1 is 1.06 bits per heavy atom. The average molecular weight is 513 g/mol. The van der Waals surface area contributed by atoms with Crippen LogP contribution in [0.2, 0.25) is 0 Å². The average Bonchev–Trinajstić information content (AvgIpc) is 2.86. The molecule has 0 aromatic heterocycles. The first kappa shape index (κ1) is 26.8. The van der Waals surface area contributed by atoms with E-state index in [4.69, 9.17) is 14.6 Å². The summed E-state index contributed by atoms with van der Waals surface area (Å²) in [5, 5.41) is 8.77. The van der Waals surface area contributed by atoms with E-state index >= 15 is 0 Å². The molecule has 0 aliphatic carbocycles. The third kappa shape index (κ3) is 6.86. The van der Waals surface area contributed by atoms with Gasteiger partial charge in [-0.25, -0.2) is 18.0 Å². The number of carboxylic acids is 1. The monoisotopic (exact) mass is 512 g/mol. The second-order valence-corrected chi connectivity index (χ2v) is 8.77. The minimum atomic E-state index is -1.25. The maximum absolute atomic E-state index is 14.8. The molecule has 186 valence electrons.